The van der Waals surface area contributed by atoms with E-state index in [9.17, 15) is 15.2 Å². The molecule has 0 amide bonds. The normalized spacial score (nSPS) is 12.4. The summed E-state index contributed by atoms with van der Waals surface area (Å²) in [6.45, 7) is 6.32. The third kappa shape index (κ3) is 5.30. The first-order chi connectivity index (χ1) is 9.99. The van der Waals surface area contributed by atoms with Crippen molar-refractivity contribution in [1.29, 1.82) is 0 Å². The van der Waals surface area contributed by atoms with Gasteiger partial charge in [-0.05, 0) is 26.8 Å². The number of non-ortho nitro benzene ring substituents is 1. The second-order valence-corrected chi connectivity index (χ2v) is 4.31. The van der Waals surface area contributed by atoms with Gasteiger partial charge in [0, 0.05) is 30.9 Å². The van der Waals surface area contributed by atoms with E-state index >= 15 is 0 Å². The molecule has 0 unspecified atom stereocenters. The summed E-state index contributed by atoms with van der Waals surface area (Å²) in [5, 5.41) is 20.5. The highest BCUT2D eigenvalue weighted by Crippen LogP contribution is 2.29. The van der Waals surface area contributed by atoms with Crippen molar-refractivity contribution in [2.75, 3.05) is 19.8 Å². The van der Waals surface area contributed by atoms with E-state index in [1.807, 2.05) is 13.8 Å². The first kappa shape index (κ1) is 17.4. The third-order valence-electron chi connectivity index (χ3n) is 2.73. The summed E-state index contributed by atoms with van der Waals surface area (Å²) in [5.74, 6) is 0.375. The second-order valence-electron chi connectivity index (χ2n) is 4.31. The van der Waals surface area contributed by atoms with Gasteiger partial charge in [-0.25, -0.2) is 0 Å². The maximum atomic E-state index is 10.8. The Hall–Kier alpha value is -1.70. The van der Waals surface area contributed by atoms with Crippen LogP contribution in [0.1, 0.15) is 32.4 Å². The van der Waals surface area contributed by atoms with Crippen molar-refractivity contribution in [3.8, 4) is 5.75 Å². The lowest BCUT2D eigenvalue weighted by atomic mass is 10.1. The summed E-state index contributed by atoms with van der Waals surface area (Å²) < 4.78 is 16.3. The van der Waals surface area contributed by atoms with E-state index < -0.39 is 17.3 Å². The molecule has 0 aliphatic rings. The van der Waals surface area contributed by atoms with Gasteiger partial charge in [-0.1, -0.05) is 0 Å². The van der Waals surface area contributed by atoms with Gasteiger partial charge in [0.25, 0.3) is 5.69 Å². The molecule has 0 bridgehead atoms. The first-order valence-corrected chi connectivity index (χ1v) is 6.82. The van der Waals surface area contributed by atoms with Crippen LogP contribution in [0.25, 0.3) is 0 Å². The number of ether oxygens (including phenoxy) is 3. The molecule has 7 nitrogen and oxygen atoms in total. The van der Waals surface area contributed by atoms with Crippen molar-refractivity contribution in [1.82, 2.24) is 0 Å². The fourth-order valence-corrected chi connectivity index (χ4v) is 1.78. The monoisotopic (exact) mass is 299 g/mol. The quantitative estimate of drug-likeness (QED) is 0.428. The van der Waals surface area contributed by atoms with E-state index in [0.29, 0.717) is 24.5 Å². The fourth-order valence-electron chi connectivity index (χ4n) is 1.78. The van der Waals surface area contributed by atoms with E-state index in [-0.39, 0.29) is 12.3 Å². The molecular weight excluding hydrogens is 278 g/mol. The van der Waals surface area contributed by atoms with Gasteiger partial charge < -0.3 is 19.3 Å². The Kier molecular flexibility index (Phi) is 7.07. The molecule has 0 aliphatic heterocycles. The molecule has 0 saturated carbocycles. The predicted octanol–water partition coefficient (Wildman–Crippen LogP) is 2.43. The van der Waals surface area contributed by atoms with Crippen LogP contribution in [0.2, 0.25) is 0 Å². The van der Waals surface area contributed by atoms with Crippen LogP contribution in [-0.2, 0) is 9.47 Å². The Labute approximate surface area is 123 Å². The molecule has 1 aromatic carbocycles. The summed E-state index contributed by atoms with van der Waals surface area (Å²) >= 11 is 0. The van der Waals surface area contributed by atoms with Gasteiger partial charge in [-0.2, -0.15) is 0 Å². The van der Waals surface area contributed by atoms with Crippen molar-refractivity contribution in [3.05, 3.63) is 33.9 Å². The lowest BCUT2D eigenvalue weighted by Gasteiger charge is -2.19. The average Bonchev–Trinajstić information content (AvgIpc) is 2.44. The summed E-state index contributed by atoms with van der Waals surface area (Å²) in [4.78, 5) is 10.3. The zero-order chi connectivity index (χ0) is 15.8. The summed E-state index contributed by atoms with van der Waals surface area (Å²) in [7, 11) is 0. The Bertz CT molecular complexity index is 457. The van der Waals surface area contributed by atoms with Gasteiger partial charge >= 0.3 is 0 Å². The lowest BCUT2D eigenvalue weighted by Crippen LogP contribution is -2.25. The summed E-state index contributed by atoms with van der Waals surface area (Å²) in [6.07, 6.45) is -1.39. The van der Waals surface area contributed by atoms with E-state index in [1.165, 1.54) is 25.1 Å². The topological polar surface area (TPSA) is 91.1 Å². The number of aliphatic hydroxyl groups excluding tert-OH is 1. The van der Waals surface area contributed by atoms with Crippen molar-refractivity contribution in [2.45, 2.75) is 33.2 Å². The molecule has 0 fully saturated rings. The van der Waals surface area contributed by atoms with Crippen LogP contribution in [0.4, 0.5) is 5.69 Å². The first-order valence-electron chi connectivity index (χ1n) is 6.82. The Morgan fingerprint density at radius 1 is 1.29 bits per heavy atom. The molecule has 21 heavy (non-hydrogen) atoms. The smallest absolute Gasteiger partial charge is 0.270 e. The van der Waals surface area contributed by atoms with Crippen molar-refractivity contribution < 1.29 is 24.2 Å². The molecule has 0 aromatic heterocycles. The van der Waals surface area contributed by atoms with Gasteiger partial charge in [-0.15, -0.1) is 0 Å². The van der Waals surface area contributed by atoms with E-state index in [2.05, 4.69) is 0 Å². The summed E-state index contributed by atoms with van der Waals surface area (Å²) in [6, 6.07) is 4.10. The minimum atomic E-state index is -0.877. The molecule has 1 N–H and O–H groups in total. The van der Waals surface area contributed by atoms with Gasteiger partial charge in [0.15, 0.2) is 6.29 Å². The maximum Gasteiger partial charge on any atom is 0.270 e. The van der Waals surface area contributed by atoms with E-state index in [1.54, 1.807) is 0 Å². The molecule has 0 spiro atoms. The number of hydrogen-bond donors (Lipinski definition) is 1. The lowest BCUT2D eigenvalue weighted by molar-refractivity contribution is -0.385. The Balaban J connectivity index is 2.84. The van der Waals surface area contributed by atoms with E-state index in [4.69, 9.17) is 14.2 Å². The highest BCUT2D eigenvalue weighted by atomic mass is 16.7. The van der Waals surface area contributed by atoms with Crippen LogP contribution in [0.15, 0.2) is 18.2 Å². The van der Waals surface area contributed by atoms with Crippen LogP contribution in [0.5, 0.6) is 5.75 Å². The standard InChI is InChI=1S/C14H21NO6/c1-4-19-14(20-5-2)9-21-13-7-6-11(15(17)18)8-12(13)10(3)16/h6-8,10,14,16H,4-5,9H2,1-3H3/t10-/m1/s1. The number of benzene rings is 1. The Morgan fingerprint density at radius 3 is 2.38 bits per heavy atom. The second kappa shape index (κ2) is 8.56. The van der Waals surface area contributed by atoms with E-state index in [0.717, 1.165) is 0 Å². The van der Waals surface area contributed by atoms with Crippen molar-refractivity contribution in [2.24, 2.45) is 0 Å². The number of nitro benzene ring substituents is 1. The molecule has 0 saturated heterocycles. The van der Waals surface area contributed by atoms with Gasteiger partial charge in [0.05, 0.1) is 11.0 Å². The highest BCUT2D eigenvalue weighted by molar-refractivity contribution is 5.44. The van der Waals surface area contributed by atoms with Gasteiger partial charge in [0.1, 0.15) is 12.4 Å². The molecule has 118 valence electrons. The molecular formula is C14H21NO6. The number of nitrogens with zero attached hydrogens (tertiary/aromatic N) is 1. The largest absolute Gasteiger partial charge is 0.488 e. The molecule has 0 radical (unpaired) electrons. The predicted molar refractivity (Wildman–Crippen MR) is 76.3 cm³/mol. The molecule has 1 atom stereocenters. The fraction of sp³-hybridized carbons (Fsp3) is 0.571. The van der Waals surface area contributed by atoms with Gasteiger partial charge in [0.2, 0.25) is 0 Å². The van der Waals surface area contributed by atoms with Crippen LogP contribution < -0.4 is 4.74 Å². The minimum absolute atomic E-state index is 0.0931. The van der Waals surface area contributed by atoms with Crippen LogP contribution in [0.3, 0.4) is 0 Å². The zero-order valence-corrected chi connectivity index (χ0v) is 12.4. The van der Waals surface area contributed by atoms with Crippen molar-refractivity contribution >= 4 is 5.69 Å². The SMILES string of the molecule is CCOC(COc1ccc([N+](=O)[O-])cc1[C@@H](C)O)OCC. The number of aliphatic hydroxyl groups is 1. The number of hydrogen-bond acceptors (Lipinski definition) is 6. The molecule has 0 aliphatic carbocycles. The zero-order valence-electron chi connectivity index (χ0n) is 12.4. The van der Waals surface area contributed by atoms with Crippen LogP contribution >= 0.6 is 0 Å². The summed E-state index contributed by atoms with van der Waals surface area (Å²) in [5.41, 5.74) is 0.264. The number of nitro groups is 1. The maximum absolute atomic E-state index is 10.8. The Morgan fingerprint density at radius 2 is 1.90 bits per heavy atom. The van der Waals surface area contributed by atoms with Gasteiger partial charge in [-0.3, -0.25) is 10.1 Å². The highest BCUT2D eigenvalue weighted by Gasteiger charge is 2.17. The third-order valence-corrected chi connectivity index (χ3v) is 2.73. The number of rotatable bonds is 9. The molecule has 1 aromatic rings. The molecule has 0 heterocycles. The minimum Gasteiger partial charge on any atom is -0.488 e. The molecule has 7 heteroatoms. The van der Waals surface area contributed by atoms with Crippen molar-refractivity contribution in [3.63, 3.8) is 0 Å². The van der Waals surface area contributed by atoms with Crippen LogP contribution in [-0.4, -0.2) is 36.1 Å². The average molecular weight is 299 g/mol. The molecule has 1 rings (SSSR count). The van der Waals surface area contributed by atoms with Crippen LogP contribution in [0, 0.1) is 10.1 Å².